The molecule has 1 fully saturated rings. The van der Waals surface area contributed by atoms with Crippen LogP contribution in [0.4, 0.5) is 0 Å². The van der Waals surface area contributed by atoms with Gasteiger partial charge in [0.2, 0.25) is 0 Å². The van der Waals surface area contributed by atoms with E-state index < -0.39 is 0 Å². The van der Waals surface area contributed by atoms with Crippen LogP contribution in [0.2, 0.25) is 0 Å². The van der Waals surface area contributed by atoms with Gasteiger partial charge < -0.3 is 9.84 Å². The van der Waals surface area contributed by atoms with Crippen LogP contribution in [0.15, 0.2) is 35.4 Å². The summed E-state index contributed by atoms with van der Waals surface area (Å²) in [6.07, 6.45) is 3.20. The average molecular weight is 325 g/mol. The van der Waals surface area contributed by atoms with Gasteiger partial charge in [-0.1, -0.05) is 5.16 Å². The summed E-state index contributed by atoms with van der Waals surface area (Å²) in [5, 5.41) is 11.7. The minimum Gasteiger partial charge on any atom is -0.334 e. The summed E-state index contributed by atoms with van der Waals surface area (Å²) in [7, 11) is 2.08. The molecule has 0 radical (unpaired) electrons. The van der Waals surface area contributed by atoms with Crippen LogP contribution in [-0.4, -0.2) is 56.5 Å². The number of nitrogens with zero attached hydrogens (tertiary/aromatic N) is 6. The molecule has 1 N–H and O–H groups in total. The molecule has 3 aromatic rings. The van der Waals surface area contributed by atoms with Crippen LogP contribution in [-0.2, 0) is 0 Å². The van der Waals surface area contributed by atoms with E-state index in [1.165, 1.54) is 6.33 Å². The third-order valence-corrected chi connectivity index (χ3v) is 4.36. The van der Waals surface area contributed by atoms with E-state index in [0.29, 0.717) is 5.89 Å². The lowest BCUT2D eigenvalue weighted by Gasteiger charge is -2.30. The van der Waals surface area contributed by atoms with Crippen molar-refractivity contribution < 1.29 is 4.52 Å². The Bertz CT molecular complexity index is 827. The molecule has 0 amide bonds. The molecule has 24 heavy (non-hydrogen) atoms. The van der Waals surface area contributed by atoms with Gasteiger partial charge in [-0.2, -0.15) is 10.1 Å². The van der Waals surface area contributed by atoms with Crippen molar-refractivity contribution in [1.82, 2.24) is 35.1 Å². The highest BCUT2D eigenvalue weighted by molar-refractivity contribution is 5.58. The zero-order valence-electron chi connectivity index (χ0n) is 13.7. The Kier molecular flexibility index (Phi) is 3.83. The van der Waals surface area contributed by atoms with Crippen LogP contribution >= 0.6 is 0 Å². The summed E-state index contributed by atoms with van der Waals surface area (Å²) in [5.74, 6) is 1.26. The number of piperazine rings is 1. The predicted molar refractivity (Wildman–Crippen MR) is 87.6 cm³/mol. The average Bonchev–Trinajstić information content (AvgIpc) is 3.27. The van der Waals surface area contributed by atoms with Gasteiger partial charge in [-0.05, 0) is 37.7 Å². The Morgan fingerprint density at radius 3 is 3.00 bits per heavy atom. The van der Waals surface area contributed by atoms with Gasteiger partial charge in [0.15, 0.2) is 5.82 Å². The minimum atomic E-state index is 0.145. The summed E-state index contributed by atoms with van der Waals surface area (Å²) < 4.78 is 7.22. The standard InChI is InChI=1S/C16H19N7O/c1-11-7-12(3-4-13(11)23-10-18-9-19-23)16-20-15(21-24-16)14-8-17-5-6-22(14)2/h3-4,7,9-10,14,17H,5-6,8H2,1-2H3. The number of hydrogen-bond acceptors (Lipinski definition) is 7. The van der Waals surface area contributed by atoms with Gasteiger partial charge >= 0.3 is 0 Å². The smallest absolute Gasteiger partial charge is 0.257 e. The summed E-state index contributed by atoms with van der Waals surface area (Å²) in [5.41, 5.74) is 2.95. The quantitative estimate of drug-likeness (QED) is 0.774. The zero-order chi connectivity index (χ0) is 16.5. The monoisotopic (exact) mass is 325 g/mol. The van der Waals surface area contributed by atoms with Gasteiger partial charge in [0.25, 0.3) is 5.89 Å². The third-order valence-electron chi connectivity index (χ3n) is 4.36. The van der Waals surface area contributed by atoms with Crippen LogP contribution in [0.1, 0.15) is 17.4 Å². The number of aryl methyl sites for hydroxylation is 1. The van der Waals surface area contributed by atoms with Crippen molar-refractivity contribution in [2.45, 2.75) is 13.0 Å². The van der Waals surface area contributed by atoms with E-state index in [4.69, 9.17) is 4.52 Å². The van der Waals surface area contributed by atoms with Gasteiger partial charge in [-0.25, -0.2) is 9.67 Å². The predicted octanol–water partition coefficient (Wildman–Crippen LogP) is 1.20. The van der Waals surface area contributed by atoms with Crippen molar-refractivity contribution in [3.05, 3.63) is 42.2 Å². The van der Waals surface area contributed by atoms with Crippen molar-refractivity contribution in [3.63, 3.8) is 0 Å². The van der Waals surface area contributed by atoms with E-state index in [1.54, 1.807) is 11.0 Å². The molecule has 0 spiro atoms. The van der Waals surface area contributed by atoms with E-state index in [2.05, 4.69) is 37.5 Å². The number of nitrogens with one attached hydrogen (secondary N) is 1. The van der Waals surface area contributed by atoms with Crippen molar-refractivity contribution in [2.75, 3.05) is 26.7 Å². The maximum atomic E-state index is 5.49. The summed E-state index contributed by atoms with van der Waals surface area (Å²) in [4.78, 5) is 10.8. The Labute approximate surface area is 139 Å². The summed E-state index contributed by atoms with van der Waals surface area (Å²) in [6.45, 7) is 4.82. The van der Waals surface area contributed by atoms with E-state index >= 15 is 0 Å². The molecule has 8 heteroatoms. The molecular weight excluding hydrogens is 306 g/mol. The van der Waals surface area contributed by atoms with Gasteiger partial charge in [-0.15, -0.1) is 0 Å². The van der Waals surface area contributed by atoms with Gasteiger partial charge in [-0.3, -0.25) is 4.90 Å². The molecule has 0 bridgehead atoms. The second kappa shape index (κ2) is 6.14. The summed E-state index contributed by atoms with van der Waals surface area (Å²) >= 11 is 0. The first kappa shape index (κ1) is 15.0. The highest BCUT2D eigenvalue weighted by Crippen LogP contribution is 2.25. The molecule has 1 unspecified atom stereocenters. The van der Waals surface area contributed by atoms with Crippen molar-refractivity contribution in [1.29, 1.82) is 0 Å². The highest BCUT2D eigenvalue weighted by atomic mass is 16.5. The molecule has 3 heterocycles. The Morgan fingerprint density at radius 2 is 2.25 bits per heavy atom. The van der Waals surface area contributed by atoms with Crippen molar-refractivity contribution >= 4 is 0 Å². The minimum absolute atomic E-state index is 0.145. The Hall–Kier alpha value is -2.58. The number of hydrogen-bond donors (Lipinski definition) is 1. The van der Waals surface area contributed by atoms with Crippen molar-refractivity contribution in [2.24, 2.45) is 0 Å². The molecule has 4 rings (SSSR count). The van der Waals surface area contributed by atoms with Gasteiger partial charge in [0.05, 0.1) is 11.7 Å². The van der Waals surface area contributed by atoms with Crippen LogP contribution in [0, 0.1) is 6.92 Å². The third kappa shape index (κ3) is 2.70. The first-order chi connectivity index (χ1) is 11.7. The van der Waals surface area contributed by atoms with Crippen LogP contribution in [0.25, 0.3) is 17.1 Å². The Morgan fingerprint density at radius 1 is 1.33 bits per heavy atom. The van der Waals surface area contributed by atoms with E-state index in [0.717, 1.165) is 42.3 Å². The zero-order valence-corrected chi connectivity index (χ0v) is 13.7. The second-order valence-electron chi connectivity index (χ2n) is 6.00. The lowest BCUT2D eigenvalue weighted by molar-refractivity contribution is 0.190. The van der Waals surface area contributed by atoms with Crippen LogP contribution in [0.3, 0.4) is 0 Å². The SMILES string of the molecule is Cc1cc(-c2nc(C3CNCCN3C)no2)ccc1-n1cncn1. The second-order valence-corrected chi connectivity index (χ2v) is 6.00. The molecule has 1 aliphatic rings. The van der Waals surface area contributed by atoms with Crippen LogP contribution in [0.5, 0.6) is 0 Å². The summed E-state index contributed by atoms with van der Waals surface area (Å²) in [6, 6.07) is 6.12. The van der Waals surface area contributed by atoms with E-state index in [1.807, 2.05) is 25.1 Å². The molecule has 2 aromatic heterocycles. The molecule has 1 aromatic carbocycles. The lowest BCUT2D eigenvalue weighted by Crippen LogP contribution is -2.44. The first-order valence-electron chi connectivity index (χ1n) is 7.93. The molecular formula is C16H19N7O. The maximum Gasteiger partial charge on any atom is 0.257 e. The number of likely N-dealkylation sites (N-methyl/N-ethyl adjacent to an activating group) is 1. The van der Waals surface area contributed by atoms with Crippen LogP contribution < -0.4 is 5.32 Å². The maximum absolute atomic E-state index is 5.49. The van der Waals surface area contributed by atoms with Gasteiger partial charge in [0.1, 0.15) is 12.7 Å². The largest absolute Gasteiger partial charge is 0.334 e. The molecule has 1 aliphatic heterocycles. The first-order valence-corrected chi connectivity index (χ1v) is 7.93. The normalized spacial score (nSPS) is 18.8. The number of benzene rings is 1. The number of aromatic nitrogens is 5. The van der Waals surface area contributed by atoms with Gasteiger partial charge in [0, 0.05) is 25.2 Å². The van der Waals surface area contributed by atoms with E-state index in [9.17, 15) is 0 Å². The molecule has 1 atom stereocenters. The molecule has 8 nitrogen and oxygen atoms in total. The topological polar surface area (TPSA) is 84.9 Å². The fourth-order valence-corrected chi connectivity index (χ4v) is 2.96. The fraction of sp³-hybridized carbons (Fsp3) is 0.375. The Balaban J connectivity index is 1.61. The molecule has 0 aliphatic carbocycles. The fourth-order valence-electron chi connectivity index (χ4n) is 2.96. The number of rotatable bonds is 3. The highest BCUT2D eigenvalue weighted by Gasteiger charge is 2.25. The lowest BCUT2D eigenvalue weighted by atomic mass is 10.1. The molecule has 124 valence electrons. The van der Waals surface area contributed by atoms with Crippen molar-refractivity contribution in [3.8, 4) is 17.1 Å². The van der Waals surface area contributed by atoms with E-state index in [-0.39, 0.29) is 6.04 Å². The molecule has 1 saturated heterocycles. The molecule has 0 saturated carbocycles.